The number of hydrogen-bond donors (Lipinski definition) is 1. The fraction of sp³-hybridized carbons (Fsp3) is 1.00. The Hall–Kier alpha value is -0.0800. The molecule has 102 valence electrons. The standard InChI is InChI=1S/C15H31NO/c1-5-16-15(11-17-6-2)14-9-7-13(8-10-14)12(3)4/h12-16H,5-11H2,1-4H3. The van der Waals surface area contributed by atoms with Crippen molar-refractivity contribution in [2.75, 3.05) is 19.8 Å². The van der Waals surface area contributed by atoms with Crippen LogP contribution >= 0.6 is 0 Å². The Balaban J connectivity index is 2.37. The molecule has 1 unspecified atom stereocenters. The van der Waals surface area contributed by atoms with Crippen molar-refractivity contribution in [3.8, 4) is 0 Å². The number of likely N-dealkylation sites (N-methyl/N-ethyl adjacent to an activating group) is 1. The second-order valence-corrected chi connectivity index (χ2v) is 5.74. The van der Waals surface area contributed by atoms with E-state index in [1.807, 2.05) is 0 Å². The van der Waals surface area contributed by atoms with Crippen molar-refractivity contribution in [3.63, 3.8) is 0 Å². The lowest BCUT2D eigenvalue weighted by Gasteiger charge is -2.35. The molecule has 0 aromatic carbocycles. The normalized spacial score (nSPS) is 27.4. The molecule has 0 heterocycles. The zero-order chi connectivity index (χ0) is 12.7. The maximum absolute atomic E-state index is 5.61. The van der Waals surface area contributed by atoms with E-state index in [1.165, 1.54) is 25.7 Å². The zero-order valence-corrected chi connectivity index (χ0v) is 12.2. The maximum Gasteiger partial charge on any atom is 0.0622 e. The van der Waals surface area contributed by atoms with Gasteiger partial charge in [0.15, 0.2) is 0 Å². The number of hydrogen-bond acceptors (Lipinski definition) is 2. The van der Waals surface area contributed by atoms with Crippen molar-refractivity contribution < 1.29 is 4.74 Å². The second kappa shape index (κ2) is 8.10. The number of nitrogens with one attached hydrogen (secondary N) is 1. The topological polar surface area (TPSA) is 21.3 Å². The van der Waals surface area contributed by atoms with Gasteiger partial charge in [0.25, 0.3) is 0 Å². The highest BCUT2D eigenvalue weighted by atomic mass is 16.5. The van der Waals surface area contributed by atoms with Gasteiger partial charge in [0.1, 0.15) is 0 Å². The summed E-state index contributed by atoms with van der Waals surface area (Å²) in [5.41, 5.74) is 0. The molecule has 0 aromatic rings. The minimum absolute atomic E-state index is 0.577. The molecule has 2 nitrogen and oxygen atoms in total. The van der Waals surface area contributed by atoms with Gasteiger partial charge in [0, 0.05) is 12.6 Å². The molecule has 1 atom stereocenters. The van der Waals surface area contributed by atoms with Crippen LogP contribution in [0, 0.1) is 17.8 Å². The van der Waals surface area contributed by atoms with E-state index in [-0.39, 0.29) is 0 Å². The molecular formula is C15H31NO. The molecule has 0 saturated heterocycles. The van der Waals surface area contributed by atoms with E-state index in [1.54, 1.807) is 0 Å². The Morgan fingerprint density at radius 3 is 2.12 bits per heavy atom. The SMILES string of the molecule is CCNC(COCC)C1CCC(C(C)C)CC1. The van der Waals surface area contributed by atoms with Gasteiger partial charge in [0.2, 0.25) is 0 Å². The maximum atomic E-state index is 5.61. The van der Waals surface area contributed by atoms with Crippen molar-refractivity contribution >= 4 is 0 Å². The van der Waals surface area contributed by atoms with E-state index in [4.69, 9.17) is 4.74 Å². The molecule has 0 aromatic heterocycles. The van der Waals surface area contributed by atoms with Crippen molar-refractivity contribution in [2.45, 2.75) is 59.4 Å². The van der Waals surface area contributed by atoms with Gasteiger partial charge in [0.05, 0.1) is 6.61 Å². The van der Waals surface area contributed by atoms with Gasteiger partial charge >= 0.3 is 0 Å². The van der Waals surface area contributed by atoms with Crippen LogP contribution in [0.4, 0.5) is 0 Å². The van der Waals surface area contributed by atoms with Crippen molar-refractivity contribution in [3.05, 3.63) is 0 Å². The molecule has 0 radical (unpaired) electrons. The van der Waals surface area contributed by atoms with Crippen molar-refractivity contribution in [1.82, 2.24) is 5.32 Å². The fourth-order valence-electron chi connectivity index (χ4n) is 3.08. The molecule has 1 fully saturated rings. The van der Waals surface area contributed by atoms with E-state index in [0.717, 1.165) is 37.5 Å². The molecule has 1 saturated carbocycles. The van der Waals surface area contributed by atoms with Gasteiger partial charge < -0.3 is 10.1 Å². The van der Waals surface area contributed by atoms with Gasteiger partial charge in [-0.2, -0.15) is 0 Å². The van der Waals surface area contributed by atoms with Gasteiger partial charge in [-0.05, 0) is 56.9 Å². The third-order valence-corrected chi connectivity index (χ3v) is 4.30. The van der Waals surface area contributed by atoms with Crippen LogP contribution < -0.4 is 5.32 Å². The van der Waals surface area contributed by atoms with Crippen LogP contribution in [0.1, 0.15) is 53.4 Å². The average Bonchev–Trinajstić information content (AvgIpc) is 2.34. The van der Waals surface area contributed by atoms with Gasteiger partial charge in [-0.15, -0.1) is 0 Å². The van der Waals surface area contributed by atoms with Crippen LogP contribution in [0.5, 0.6) is 0 Å². The summed E-state index contributed by atoms with van der Waals surface area (Å²) >= 11 is 0. The largest absolute Gasteiger partial charge is 0.380 e. The van der Waals surface area contributed by atoms with E-state index in [2.05, 4.69) is 33.0 Å². The van der Waals surface area contributed by atoms with E-state index in [0.29, 0.717) is 6.04 Å². The first kappa shape index (κ1) is 15.0. The monoisotopic (exact) mass is 241 g/mol. The molecule has 0 spiro atoms. The van der Waals surface area contributed by atoms with Crippen LogP contribution in [0.25, 0.3) is 0 Å². The summed E-state index contributed by atoms with van der Waals surface area (Å²) in [5, 5.41) is 3.61. The summed E-state index contributed by atoms with van der Waals surface area (Å²) in [6.45, 7) is 11.8. The highest BCUT2D eigenvalue weighted by Gasteiger charge is 2.28. The van der Waals surface area contributed by atoms with E-state index >= 15 is 0 Å². The minimum atomic E-state index is 0.577. The molecule has 2 heteroatoms. The first-order valence-corrected chi connectivity index (χ1v) is 7.50. The van der Waals surface area contributed by atoms with E-state index in [9.17, 15) is 0 Å². The summed E-state index contributed by atoms with van der Waals surface area (Å²) in [4.78, 5) is 0. The molecule has 1 N–H and O–H groups in total. The Kier molecular flexibility index (Phi) is 7.14. The van der Waals surface area contributed by atoms with Gasteiger partial charge in [-0.25, -0.2) is 0 Å². The number of ether oxygens (including phenoxy) is 1. The Morgan fingerprint density at radius 2 is 1.65 bits per heavy atom. The third-order valence-electron chi connectivity index (χ3n) is 4.30. The summed E-state index contributed by atoms with van der Waals surface area (Å²) in [5.74, 6) is 2.65. The van der Waals surface area contributed by atoms with Crippen LogP contribution in [0.2, 0.25) is 0 Å². The Morgan fingerprint density at radius 1 is 1.06 bits per heavy atom. The van der Waals surface area contributed by atoms with Crippen molar-refractivity contribution in [2.24, 2.45) is 17.8 Å². The molecule has 1 rings (SSSR count). The Bertz CT molecular complexity index is 185. The molecule has 0 amide bonds. The Labute approximate surface area is 108 Å². The first-order valence-electron chi connectivity index (χ1n) is 7.50. The molecule has 1 aliphatic rings. The van der Waals surface area contributed by atoms with Gasteiger partial charge in [-0.1, -0.05) is 20.8 Å². The number of rotatable bonds is 7. The highest BCUT2D eigenvalue weighted by Crippen LogP contribution is 2.34. The molecule has 0 bridgehead atoms. The predicted octanol–water partition coefficient (Wildman–Crippen LogP) is 3.46. The summed E-state index contributed by atoms with van der Waals surface area (Å²) in [6.07, 6.45) is 5.59. The molecule has 1 aliphatic carbocycles. The lowest BCUT2D eigenvalue weighted by molar-refractivity contribution is 0.0844. The summed E-state index contributed by atoms with van der Waals surface area (Å²) in [7, 11) is 0. The zero-order valence-electron chi connectivity index (χ0n) is 12.2. The minimum Gasteiger partial charge on any atom is -0.380 e. The molecular weight excluding hydrogens is 210 g/mol. The first-order chi connectivity index (χ1) is 8.19. The smallest absolute Gasteiger partial charge is 0.0622 e. The van der Waals surface area contributed by atoms with Crippen LogP contribution in [-0.4, -0.2) is 25.8 Å². The molecule has 17 heavy (non-hydrogen) atoms. The van der Waals surface area contributed by atoms with E-state index < -0.39 is 0 Å². The van der Waals surface area contributed by atoms with Gasteiger partial charge in [-0.3, -0.25) is 0 Å². The van der Waals surface area contributed by atoms with Crippen LogP contribution in [0.3, 0.4) is 0 Å². The second-order valence-electron chi connectivity index (χ2n) is 5.74. The predicted molar refractivity (Wildman–Crippen MR) is 74.2 cm³/mol. The fourth-order valence-corrected chi connectivity index (χ4v) is 3.08. The van der Waals surface area contributed by atoms with Crippen LogP contribution in [0.15, 0.2) is 0 Å². The van der Waals surface area contributed by atoms with Crippen molar-refractivity contribution in [1.29, 1.82) is 0 Å². The summed E-state index contributed by atoms with van der Waals surface area (Å²) in [6, 6.07) is 0.577. The van der Waals surface area contributed by atoms with Crippen LogP contribution in [-0.2, 0) is 4.74 Å². The average molecular weight is 241 g/mol. The molecule has 0 aliphatic heterocycles. The highest BCUT2D eigenvalue weighted by molar-refractivity contribution is 4.82. The quantitative estimate of drug-likeness (QED) is 0.737. The summed E-state index contributed by atoms with van der Waals surface area (Å²) < 4.78 is 5.61. The lowest BCUT2D eigenvalue weighted by atomic mass is 9.74. The lowest BCUT2D eigenvalue weighted by Crippen LogP contribution is -2.41. The third kappa shape index (κ3) is 4.97.